The smallest absolute Gasteiger partial charge is 0.238 e. The topological polar surface area (TPSA) is 79.7 Å². The number of piperazine rings is 1. The number of amides is 2. The highest BCUT2D eigenvalue weighted by atomic mass is 16.5. The normalized spacial score (nSPS) is 16.8. The second-order valence-electron chi connectivity index (χ2n) is 9.16. The third-order valence-electron chi connectivity index (χ3n) is 6.31. The maximum absolute atomic E-state index is 13.0. The average Bonchev–Trinajstić information content (AvgIpc) is 3.07. The second-order valence-corrected chi connectivity index (χ2v) is 9.16. The summed E-state index contributed by atoms with van der Waals surface area (Å²) in [5, 5.41) is 3.02. The molecular formula is C26H33N5O3. The van der Waals surface area contributed by atoms with E-state index in [0.717, 1.165) is 33.9 Å². The third-order valence-corrected chi connectivity index (χ3v) is 6.31. The number of fused-ring (bicyclic) bond motifs is 1. The molecule has 1 atom stereocenters. The van der Waals surface area contributed by atoms with Crippen LogP contribution in [0.5, 0.6) is 5.75 Å². The SMILES string of the molecule is CC(=O)N1CCN(CC(=O)Nc2ccc3c(c2)nc(C)n3C)C(c2ccc(OC(C)C)cc2)C1. The van der Waals surface area contributed by atoms with Crippen LogP contribution in [-0.2, 0) is 16.6 Å². The Kier molecular flexibility index (Phi) is 6.88. The predicted molar refractivity (Wildman–Crippen MR) is 133 cm³/mol. The lowest BCUT2D eigenvalue weighted by atomic mass is 10.0. The van der Waals surface area contributed by atoms with Crippen molar-refractivity contribution < 1.29 is 14.3 Å². The highest BCUT2D eigenvalue weighted by Gasteiger charge is 2.30. The molecule has 2 heterocycles. The van der Waals surface area contributed by atoms with Crippen molar-refractivity contribution in [2.45, 2.75) is 39.8 Å². The molecule has 0 spiro atoms. The van der Waals surface area contributed by atoms with Crippen molar-refractivity contribution in [3.8, 4) is 5.75 Å². The van der Waals surface area contributed by atoms with Gasteiger partial charge in [-0.1, -0.05) is 12.1 Å². The summed E-state index contributed by atoms with van der Waals surface area (Å²) in [5.41, 5.74) is 3.67. The molecule has 0 bridgehead atoms. The Morgan fingerprint density at radius 1 is 1.15 bits per heavy atom. The number of hydrogen-bond acceptors (Lipinski definition) is 5. The van der Waals surface area contributed by atoms with E-state index in [4.69, 9.17) is 4.74 Å². The van der Waals surface area contributed by atoms with Gasteiger partial charge in [0.15, 0.2) is 0 Å². The van der Waals surface area contributed by atoms with Gasteiger partial charge in [-0.3, -0.25) is 14.5 Å². The lowest BCUT2D eigenvalue weighted by Crippen LogP contribution is -2.51. The van der Waals surface area contributed by atoms with Crippen molar-refractivity contribution in [2.24, 2.45) is 7.05 Å². The number of carbonyl (C=O) groups excluding carboxylic acids is 2. The minimum Gasteiger partial charge on any atom is -0.491 e. The van der Waals surface area contributed by atoms with E-state index in [1.54, 1.807) is 6.92 Å². The predicted octanol–water partition coefficient (Wildman–Crippen LogP) is 3.51. The largest absolute Gasteiger partial charge is 0.491 e. The summed E-state index contributed by atoms with van der Waals surface area (Å²) in [5.74, 6) is 1.69. The van der Waals surface area contributed by atoms with E-state index < -0.39 is 0 Å². The lowest BCUT2D eigenvalue weighted by molar-refractivity contribution is -0.132. The summed E-state index contributed by atoms with van der Waals surface area (Å²) >= 11 is 0. The standard InChI is InChI=1S/C26H33N5O3/c1-17(2)34-22-9-6-20(7-10-22)25-15-30(19(4)32)12-13-31(25)16-26(33)28-21-8-11-24-23(14-21)27-18(3)29(24)5/h6-11,14,17,25H,12-13,15-16H2,1-5H3,(H,28,33). The fourth-order valence-corrected chi connectivity index (χ4v) is 4.44. The zero-order chi connectivity index (χ0) is 24.4. The first-order chi connectivity index (χ1) is 16.2. The molecule has 1 unspecified atom stereocenters. The highest BCUT2D eigenvalue weighted by molar-refractivity contribution is 5.94. The van der Waals surface area contributed by atoms with Crippen molar-refractivity contribution in [3.05, 3.63) is 53.9 Å². The summed E-state index contributed by atoms with van der Waals surface area (Å²) in [6, 6.07) is 13.6. The first kappa shape index (κ1) is 23.8. The van der Waals surface area contributed by atoms with Crippen LogP contribution in [0.25, 0.3) is 11.0 Å². The molecule has 1 N–H and O–H groups in total. The molecule has 180 valence electrons. The average molecular weight is 464 g/mol. The van der Waals surface area contributed by atoms with Crippen molar-refractivity contribution in [1.82, 2.24) is 19.4 Å². The highest BCUT2D eigenvalue weighted by Crippen LogP contribution is 2.28. The van der Waals surface area contributed by atoms with E-state index in [1.807, 2.05) is 79.8 Å². The molecule has 2 amide bonds. The van der Waals surface area contributed by atoms with E-state index in [2.05, 4.69) is 15.2 Å². The molecule has 2 aromatic carbocycles. The number of ether oxygens (including phenoxy) is 1. The van der Waals surface area contributed by atoms with Crippen molar-refractivity contribution >= 4 is 28.5 Å². The monoisotopic (exact) mass is 463 g/mol. The van der Waals surface area contributed by atoms with Crippen LogP contribution in [0.2, 0.25) is 0 Å². The van der Waals surface area contributed by atoms with Gasteiger partial charge in [-0.25, -0.2) is 4.98 Å². The maximum atomic E-state index is 13.0. The summed E-state index contributed by atoms with van der Waals surface area (Å²) in [6.45, 7) is 9.55. The molecule has 4 rings (SSSR count). The second kappa shape index (κ2) is 9.85. The molecule has 34 heavy (non-hydrogen) atoms. The quantitative estimate of drug-likeness (QED) is 0.605. The molecule has 1 saturated heterocycles. The first-order valence-electron chi connectivity index (χ1n) is 11.7. The number of aromatic nitrogens is 2. The molecule has 1 aromatic heterocycles. The Hall–Kier alpha value is -3.39. The van der Waals surface area contributed by atoms with Crippen molar-refractivity contribution in [1.29, 1.82) is 0 Å². The first-order valence-corrected chi connectivity index (χ1v) is 11.7. The summed E-state index contributed by atoms with van der Waals surface area (Å²) in [6.07, 6.45) is 0.100. The van der Waals surface area contributed by atoms with Gasteiger partial charge in [0.05, 0.1) is 29.7 Å². The number of aryl methyl sites for hydroxylation is 2. The van der Waals surface area contributed by atoms with Crippen LogP contribution in [0.3, 0.4) is 0 Å². The third kappa shape index (κ3) is 5.22. The maximum Gasteiger partial charge on any atom is 0.238 e. The summed E-state index contributed by atoms with van der Waals surface area (Å²) in [7, 11) is 1.98. The van der Waals surface area contributed by atoms with Crippen LogP contribution in [0.4, 0.5) is 5.69 Å². The van der Waals surface area contributed by atoms with E-state index in [1.165, 1.54) is 0 Å². The van der Waals surface area contributed by atoms with Crippen molar-refractivity contribution in [2.75, 3.05) is 31.5 Å². The summed E-state index contributed by atoms with van der Waals surface area (Å²) in [4.78, 5) is 33.6. The van der Waals surface area contributed by atoms with Crippen LogP contribution in [0, 0.1) is 6.92 Å². The number of nitrogens with zero attached hydrogens (tertiary/aromatic N) is 4. The minimum atomic E-state index is -0.0898. The number of imidazole rings is 1. The molecule has 1 aliphatic rings. The van der Waals surface area contributed by atoms with Crippen LogP contribution < -0.4 is 10.1 Å². The fraction of sp³-hybridized carbons (Fsp3) is 0.423. The number of benzene rings is 2. The van der Waals surface area contributed by atoms with Crippen LogP contribution in [-0.4, -0.2) is 63.4 Å². The number of hydrogen-bond donors (Lipinski definition) is 1. The van der Waals surface area contributed by atoms with Crippen LogP contribution in [0.15, 0.2) is 42.5 Å². The number of carbonyl (C=O) groups is 2. The van der Waals surface area contributed by atoms with Gasteiger partial charge in [0.25, 0.3) is 0 Å². The van der Waals surface area contributed by atoms with Gasteiger partial charge in [0, 0.05) is 39.3 Å². The number of nitrogens with one attached hydrogen (secondary N) is 1. The zero-order valence-electron chi connectivity index (χ0n) is 20.5. The Morgan fingerprint density at radius 3 is 2.56 bits per heavy atom. The molecule has 0 aliphatic carbocycles. The molecule has 0 radical (unpaired) electrons. The zero-order valence-corrected chi connectivity index (χ0v) is 20.5. The molecule has 1 aliphatic heterocycles. The molecule has 8 nitrogen and oxygen atoms in total. The Morgan fingerprint density at radius 2 is 1.88 bits per heavy atom. The van der Waals surface area contributed by atoms with Gasteiger partial charge in [-0.2, -0.15) is 0 Å². The Balaban J connectivity index is 1.49. The van der Waals surface area contributed by atoms with Gasteiger partial charge < -0.3 is 19.5 Å². The molecule has 1 fully saturated rings. The van der Waals surface area contributed by atoms with Crippen molar-refractivity contribution in [3.63, 3.8) is 0 Å². The molecule has 8 heteroatoms. The number of anilines is 1. The van der Waals surface area contributed by atoms with Crippen LogP contribution >= 0.6 is 0 Å². The van der Waals surface area contributed by atoms with E-state index in [0.29, 0.717) is 19.6 Å². The van der Waals surface area contributed by atoms with Gasteiger partial charge in [0.1, 0.15) is 11.6 Å². The lowest BCUT2D eigenvalue weighted by Gasteiger charge is -2.41. The Bertz CT molecular complexity index is 1190. The van der Waals surface area contributed by atoms with E-state index >= 15 is 0 Å². The van der Waals surface area contributed by atoms with E-state index in [9.17, 15) is 9.59 Å². The molecular weight excluding hydrogens is 430 g/mol. The van der Waals surface area contributed by atoms with Gasteiger partial charge in [-0.15, -0.1) is 0 Å². The summed E-state index contributed by atoms with van der Waals surface area (Å²) < 4.78 is 7.79. The van der Waals surface area contributed by atoms with Gasteiger partial charge in [0.2, 0.25) is 11.8 Å². The minimum absolute atomic E-state index is 0.0489. The Labute approximate surface area is 200 Å². The van der Waals surface area contributed by atoms with E-state index in [-0.39, 0.29) is 30.5 Å². The molecule has 3 aromatic rings. The number of rotatable bonds is 6. The molecule has 0 saturated carbocycles. The van der Waals surface area contributed by atoms with Gasteiger partial charge >= 0.3 is 0 Å². The van der Waals surface area contributed by atoms with Gasteiger partial charge in [-0.05, 0) is 56.7 Å². The fourth-order valence-electron chi connectivity index (χ4n) is 4.44. The van der Waals surface area contributed by atoms with Crippen LogP contribution in [0.1, 0.15) is 38.2 Å².